The van der Waals surface area contributed by atoms with Crippen LogP contribution in [0.4, 0.5) is 0 Å². The van der Waals surface area contributed by atoms with Crippen molar-refractivity contribution in [2.24, 2.45) is 5.73 Å². The van der Waals surface area contributed by atoms with Crippen molar-refractivity contribution in [2.75, 3.05) is 0 Å². The Labute approximate surface area is 103 Å². The van der Waals surface area contributed by atoms with Crippen molar-refractivity contribution >= 4 is 15.9 Å². The van der Waals surface area contributed by atoms with E-state index in [1.165, 1.54) is 0 Å². The van der Waals surface area contributed by atoms with Crippen molar-refractivity contribution in [3.63, 3.8) is 0 Å². The monoisotopic (exact) mass is 280 g/mol. The number of nitrogens with zero attached hydrogens (tertiary/aromatic N) is 1. The smallest absolute Gasteiger partial charge is 0.134 e. The third-order valence-electron chi connectivity index (χ3n) is 2.19. The molecule has 0 bridgehead atoms. The first kappa shape index (κ1) is 12.8. The number of rotatable bonds is 3. The van der Waals surface area contributed by atoms with E-state index in [0.717, 1.165) is 5.57 Å². The molecule has 16 heavy (non-hydrogen) atoms. The number of benzene rings is 1. The summed E-state index contributed by atoms with van der Waals surface area (Å²) < 4.78 is 0.485. The molecule has 4 heteroatoms. The Balaban J connectivity index is 3.17. The molecule has 1 atom stereocenters. The molecule has 3 N–H and O–H groups in total. The molecule has 0 spiro atoms. The first-order valence-corrected chi connectivity index (χ1v) is 5.57. The average molecular weight is 281 g/mol. The molecule has 0 aromatic heterocycles. The van der Waals surface area contributed by atoms with Gasteiger partial charge in [0.05, 0.1) is 16.1 Å². The number of phenols is 1. The van der Waals surface area contributed by atoms with E-state index in [9.17, 15) is 5.11 Å². The number of nitriles is 1. The summed E-state index contributed by atoms with van der Waals surface area (Å²) in [5, 5.41) is 18.7. The van der Waals surface area contributed by atoms with Gasteiger partial charge in [0.15, 0.2) is 0 Å². The number of nitrogens with two attached hydrogens (primary N) is 1. The zero-order valence-electron chi connectivity index (χ0n) is 9.00. The SMILES string of the molecule is C=C(C)C[C@H](N)c1cc(C#N)cc(Br)c1O. The van der Waals surface area contributed by atoms with Crippen molar-refractivity contribution in [1.29, 1.82) is 5.26 Å². The van der Waals surface area contributed by atoms with Crippen LogP contribution in [0.1, 0.15) is 30.5 Å². The van der Waals surface area contributed by atoms with E-state index in [-0.39, 0.29) is 11.8 Å². The zero-order valence-corrected chi connectivity index (χ0v) is 10.6. The fourth-order valence-corrected chi connectivity index (χ4v) is 1.93. The standard InChI is InChI=1S/C12H13BrN2O/c1-7(2)3-11(15)9-4-8(6-14)5-10(13)12(9)16/h4-5,11,16H,1,3,15H2,2H3/t11-/m0/s1. The first-order valence-electron chi connectivity index (χ1n) is 4.78. The van der Waals surface area contributed by atoms with Crippen LogP contribution in [0.25, 0.3) is 0 Å². The number of hydrogen-bond donors (Lipinski definition) is 2. The Morgan fingerprint density at radius 2 is 2.31 bits per heavy atom. The number of hydrogen-bond acceptors (Lipinski definition) is 3. The van der Waals surface area contributed by atoms with Gasteiger partial charge in [-0.25, -0.2) is 0 Å². The minimum Gasteiger partial charge on any atom is -0.506 e. The van der Waals surface area contributed by atoms with Gasteiger partial charge in [-0.05, 0) is 41.4 Å². The number of phenolic OH excluding ortho intramolecular Hbond substituents is 1. The minimum absolute atomic E-state index is 0.0905. The molecule has 0 saturated carbocycles. The van der Waals surface area contributed by atoms with Crippen LogP contribution < -0.4 is 5.73 Å². The van der Waals surface area contributed by atoms with E-state index >= 15 is 0 Å². The van der Waals surface area contributed by atoms with Gasteiger partial charge < -0.3 is 10.8 Å². The zero-order chi connectivity index (χ0) is 12.3. The maximum absolute atomic E-state index is 9.83. The van der Waals surface area contributed by atoms with Crippen LogP contribution in [0.3, 0.4) is 0 Å². The van der Waals surface area contributed by atoms with Crippen LogP contribution >= 0.6 is 15.9 Å². The lowest BCUT2D eigenvalue weighted by Gasteiger charge is -2.14. The molecular weight excluding hydrogens is 268 g/mol. The average Bonchev–Trinajstić information content (AvgIpc) is 2.20. The van der Waals surface area contributed by atoms with Crippen LogP contribution in [0.15, 0.2) is 28.8 Å². The maximum atomic E-state index is 9.83. The number of halogens is 1. The van der Waals surface area contributed by atoms with Crippen LogP contribution in [0.2, 0.25) is 0 Å². The molecule has 0 radical (unpaired) electrons. The van der Waals surface area contributed by atoms with E-state index < -0.39 is 0 Å². The van der Waals surface area contributed by atoms with Crippen LogP contribution in [-0.4, -0.2) is 5.11 Å². The van der Waals surface area contributed by atoms with Gasteiger partial charge in [-0.15, -0.1) is 6.58 Å². The second kappa shape index (κ2) is 5.15. The molecule has 0 fully saturated rings. The van der Waals surface area contributed by atoms with Gasteiger partial charge in [0.1, 0.15) is 5.75 Å². The summed E-state index contributed by atoms with van der Waals surface area (Å²) in [4.78, 5) is 0. The summed E-state index contributed by atoms with van der Waals surface area (Å²) in [6.07, 6.45) is 0.578. The highest BCUT2D eigenvalue weighted by atomic mass is 79.9. The highest BCUT2D eigenvalue weighted by Crippen LogP contribution is 2.34. The van der Waals surface area contributed by atoms with Crippen LogP contribution in [0, 0.1) is 11.3 Å². The molecule has 84 valence electrons. The molecule has 0 saturated heterocycles. The van der Waals surface area contributed by atoms with Gasteiger partial charge >= 0.3 is 0 Å². The van der Waals surface area contributed by atoms with Gasteiger partial charge in [-0.3, -0.25) is 0 Å². The Morgan fingerprint density at radius 1 is 1.69 bits per heavy atom. The van der Waals surface area contributed by atoms with Gasteiger partial charge in [0, 0.05) is 11.6 Å². The number of aromatic hydroxyl groups is 1. The van der Waals surface area contributed by atoms with Crippen molar-refractivity contribution < 1.29 is 5.11 Å². The fraction of sp³-hybridized carbons (Fsp3) is 0.250. The molecule has 3 nitrogen and oxygen atoms in total. The van der Waals surface area contributed by atoms with E-state index in [0.29, 0.717) is 22.0 Å². The van der Waals surface area contributed by atoms with Crippen molar-refractivity contribution in [3.05, 3.63) is 39.9 Å². The topological polar surface area (TPSA) is 70.0 Å². The second-order valence-electron chi connectivity index (χ2n) is 3.78. The predicted molar refractivity (Wildman–Crippen MR) is 66.9 cm³/mol. The lowest BCUT2D eigenvalue weighted by molar-refractivity contribution is 0.457. The molecule has 0 aliphatic heterocycles. The fourth-order valence-electron chi connectivity index (χ4n) is 1.45. The van der Waals surface area contributed by atoms with E-state index in [2.05, 4.69) is 22.5 Å². The molecule has 0 amide bonds. The van der Waals surface area contributed by atoms with Gasteiger partial charge in [-0.2, -0.15) is 5.26 Å². The summed E-state index contributed by atoms with van der Waals surface area (Å²) in [6, 6.07) is 4.85. The third-order valence-corrected chi connectivity index (χ3v) is 2.79. The normalized spacial score (nSPS) is 11.9. The summed E-state index contributed by atoms with van der Waals surface area (Å²) >= 11 is 3.19. The van der Waals surface area contributed by atoms with Crippen LogP contribution in [-0.2, 0) is 0 Å². The van der Waals surface area contributed by atoms with Gasteiger partial charge in [0.25, 0.3) is 0 Å². The molecular formula is C12H13BrN2O. The lowest BCUT2D eigenvalue weighted by atomic mass is 9.98. The summed E-state index contributed by atoms with van der Waals surface area (Å²) in [5.41, 5.74) is 7.91. The van der Waals surface area contributed by atoms with Gasteiger partial charge in [-0.1, -0.05) is 5.57 Å². The maximum Gasteiger partial charge on any atom is 0.134 e. The summed E-state index contributed by atoms with van der Waals surface area (Å²) in [6.45, 7) is 5.65. The van der Waals surface area contributed by atoms with Crippen LogP contribution in [0.5, 0.6) is 5.75 Å². The second-order valence-corrected chi connectivity index (χ2v) is 4.63. The van der Waals surface area contributed by atoms with Crippen molar-refractivity contribution in [1.82, 2.24) is 0 Å². The van der Waals surface area contributed by atoms with Crippen molar-refractivity contribution in [2.45, 2.75) is 19.4 Å². The predicted octanol–water partition coefficient (Wildman–Crippen LogP) is 2.99. The summed E-state index contributed by atoms with van der Waals surface area (Å²) in [5.74, 6) is 0.0905. The Morgan fingerprint density at radius 3 is 2.81 bits per heavy atom. The molecule has 1 aromatic rings. The Hall–Kier alpha value is -1.31. The third kappa shape index (κ3) is 2.84. The summed E-state index contributed by atoms with van der Waals surface area (Å²) in [7, 11) is 0. The molecule has 0 aliphatic rings. The quantitative estimate of drug-likeness (QED) is 0.837. The molecule has 0 heterocycles. The Bertz CT molecular complexity index is 463. The molecule has 0 unspecified atom stereocenters. The van der Waals surface area contributed by atoms with E-state index in [1.807, 2.05) is 13.0 Å². The first-order chi connectivity index (χ1) is 7.45. The molecule has 1 rings (SSSR count). The highest BCUT2D eigenvalue weighted by Gasteiger charge is 2.14. The van der Waals surface area contributed by atoms with Crippen molar-refractivity contribution in [3.8, 4) is 11.8 Å². The largest absolute Gasteiger partial charge is 0.506 e. The van der Waals surface area contributed by atoms with E-state index in [1.54, 1.807) is 12.1 Å². The van der Waals surface area contributed by atoms with E-state index in [4.69, 9.17) is 11.0 Å². The molecule has 1 aromatic carbocycles. The lowest BCUT2D eigenvalue weighted by Crippen LogP contribution is -2.11. The minimum atomic E-state index is -0.345. The highest BCUT2D eigenvalue weighted by molar-refractivity contribution is 9.10. The molecule has 0 aliphatic carbocycles. The Kier molecular flexibility index (Phi) is 4.11. The van der Waals surface area contributed by atoms with Gasteiger partial charge in [0.2, 0.25) is 0 Å².